The summed E-state index contributed by atoms with van der Waals surface area (Å²) in [5, 5.41) is -1.28. The lowest BCUT2D eigenvalue weighted by Gasteiger charge is -2.15. The van der Waals surface area contributed by atoms with E-state index in [1.165, 1.54) is 11.1 Å². The Labute approximate surface area is 106 Å². The molecule has 1 amide bonds. The summed E-state index contributed by atoms with van der Waals surface area (Å²) in [5.41, 5.74) is 0.503. The second-order valence-electron chi connectivity index (χ2n) is 3.64. The zero-order valence-corrected chi connectivity index (χ0v) is 10.9. The molecule has 8 heteroatoms. The van der Waals surface area contributed by atoms with Crippen LogP contribution in [0.15, 0.2) is 22.9 Å². The highest BCUT2D eigenvalue weighted by molar-refractivity contribution is 9.10. The third-order valence-corrected chi connectivity index (χ3v) is 4.06. The van der Waals surface area contributed by atoms with Crippen molar-refractivity contribution in [3.63, 3.8) is 0 Å². The zero-order chi connectivity index (χ0) is 12.6. The summed E-state index contributed by atoms with van der Waals surface area (Å²) in [7, 11) is -4.68. The van der Waals surface area contributed by atoms with Gasteiger partial charge in [0.1, 0.15) is 9.85 Å². The first-order valence-electron chi connectivity index (χ1n) is 4.73. The number of rotatable bonds is 2. The molecule has 0 aromatic carbocycles. The fourth-order valence-electron chi connectivity index (χ4n) is 1.67. The first-order chi connectivity index (χ1) is 7.88. The van der Waals surface area contributed by atoms with Crippen molar-refractivity contribution >= 4 is 37.7 Å². The summed E-state index contributed by atoms with van der Waals surface area (Å²) < 4.78 is 34.8. The van der Waals surface area contributed by atoms with Gasteiger partial charge in [-0.05, 0) is 28.1 Å². The van der Waals surface area contributed by atoms with Crippen molar-refractivity contribution in [1.82, 2.24) is 4.98 Å². The van der Waals surface area contributed by atoms with Crippen LogP contribution in [0, 0.1) is 0 Å². The van der Waals surface area contributed by atoms with E-state index in [-0.39, 0.29) is 13.0 Å². The molecule has 1 aliphatic heterocycles. The van der Waals surface area contributed by atoms with Gasteiger partial charge in [-0.3, -0.25) is 4.79 Å². The molecule has 1 unspecified atom stereocenters. The van der Waals surface area contributed by atoms with Crippen molar-refractivity contribution in [2.24, 2.45) is 0 Å². The number of hydrogen-bond donors (Lipinski definition) is 0. The van der Waals surface area contributed by atoms with Crippen molar-refractivity contribution in [3.8, 4) is 0 Å². The highest BCUT2D eigenvalue weighted by Gasteiger charge is 2.39. The van der Waals surface area contributed by atoms with E-state index in [0.29, 0.717) is 10.3 Å². The molecule has 0 spiro atoms. The molecule has 0 aliphatic carbocycles. The Morgan fingerprint density at radius 2 is 2.24 bits per heavy atom. The van der Waals surface area contributed by atoms with Gasteiger partial charge in [-0.15, -0.1) is 3.89 Å². The molecule has 0 bridgehead atoms. The number of carbonyl (C=O) groups is 1. The lowest BCUT2D eigenvalue weighted by atomic mass is 10.4. The van der Waals surface area contributed by atoms with Crippen LogP contribution < -0.4 is 4.90 Å². The van der Waals surface area contributed by atoms with Crippen LogP contribution in [0.2, 0.25) is 0 Å². The summed E-state index contributed by atoms with van der Waals surface area (Å²) in [5.74, 6) is -0.408. The lowest BCUT2D eigenvalue weighted by molar-refractivity contribution is -0.117. The van der Waals surface area contributed by atoms with Crippen LogP contribution in [-0.4, -0.2) is 31.1 Å². The van der Waals surface area contributed by atoms with Crippen LogP contribution in [0.4, 0.5) is 9.57 Å². The topological polar surface area (TPSA) is 67.3 Å². The third kappa shape index (κ3) is 2.63. The first-order valence-corrected chi connectivity index (χ1v) is 6.97. The maximum Gasteiger partial charge on any atom is 0.307 e. The zero-order valence-electron chi connectivity index (χ0n) is 8.51. The molecule has 1 saturated heterocycles. The minimum atomic E-state index is -4.68. The van der Waals surface area contributed by atoms with Crippen molar-refractivity contribution in [1.29, 1.82) is 0 Å². The van der Waals surface area contributed by atoms with Gasteiger partial charge in [0.15, 0.2) is 0 Å². The number of halogens is 2. The summed E-state index contributed by atoms with van der Waals surface area (Å²) in [4.78, 5) is 16.7. The molecule has 1 aromatic heterocycles. The maximum atomic E-state index is 12.8. The molecule has 1 aliphatic rings. The van der Waals surface area contributed by atoms with E-state index in [1.807, 2.05) is 0 Å². The molecular formula is C9H8BrFN2O3S. The second-order valence-corrected chi connectivity index (χ2v) is 6.07. The molecular weight excluding hydrogens is 315 g/mol. The molecule has 5 nitrogen and oxygen atoms in total. The highest BCUT2D eigenvalue weighted by Crippen LogP contribution is 2.26. The number of hydrogen-bond acceptors (Lipinski definition) is 4. The Bertz CT molecular complexity index is 563. The molecule has 0 N–H and O–H groups in total. The maximum absolute atomic E-state index is 12.8. The summed E-state index contributed by atoms with van der Waals surface area (Å²) in [6.45, 7) is -0.159. The predicted octanol–water partition coefficient (Wildman–Crippen LogP) is 1.25. The van der Waals surface area contributed by atoms with Gasteiger partial charge in [-0.2, -0.15) is 8.42 Å². The van der Waals surface area contributed by atoms with Crippen LogP contribution in [0.1, 0.15) is 6.42 Å². The quantitative estimate of drug-likeness (QED) is 0.607. The fraction of sp³-hybridized carbons (Fsp3) is 0.333. The van der Waals surface area contributed by atoms with Crippen LogP contribution in [0.25, 0.3) is 0 Å². The average molecular weight is 323 g/mol. The van der Waals surface area contributed by atoms with Gasteiger partial charge >= 0.3 is 10.2 Å². The second kappa shape index (κ2) is 4.34. The number of anilines is 1. The highest BCUT2D eigenvalue weighted by atomic mass is 79.9. The Hall–Kier alpha value is -1.02. The third-order valence-electron chi connectivity index (χ3n) is 2.51. The lowest BCUT2D eigenvalue weighted by Crippen LogP contribution is -2.26. The van der Waals surface area contributed by atoms with E-state index in [9.17, 15) is 17.1 Å². The van der Waals surface area contributed by atoms with Crippen molar-refractivity contribution in [2.45, 2.75) is 11.7 Å². The van der Waals surface area contributed by atoms with E-state index in [4.69, 9.17) is 0 Å². The van der Waals surface area contributed by atoms with E-state index < -0.39 is 21.4 Å². The van der Waals surface area contributed by atoms with Crippen LogP contribution in [-0.2, 0) is 15.0 Å². The minimum Gasteiger partial charge on any atom is -0.311 e. The first kappa shape index (κ1) is 12.4. The van der Waals surface area contributed by atoms with Gasteiger partial charge in [-0.1, -0.05) is 0 Å². The number of carbonyl (C=O) groups excluding carboxylic acids is 1. The summed E-state index contributed by atoms with van der Waals surface area (Å²) in [6.07, 6.45) is 1.16. The molecule has 0 saturated carbocycles. The molecule has 1 aromatic rings. The monoisotopic (exact) mass is 322 g/mol. The molecule has 1 atom stereocenters. The molecule has 0 radical (unpaired) electrons. The largest absolute Gasteiger partial charge is 0.311 e. The normalized spacial score (nSPS) is 20.9. The minimum absolute atomic E-state index is 0.159. The standard InChI is InChI=1S/C9H8BrFN2O3S/c10-8-3-6(1-2-12-8)13-5-7(4-9(13)14)17(11,15)16/h1-3,7H,4-5H2. The van der Waals surface area contributed by atoms with Gasteiger partial charge < -0.3 is 4.90 Å². The van der Waals surface area contributed by atoms with E-state index >= 15 is 0 Å². The number of aromatic nitrogens is 1. The number of nitrogens with zero attached hydrogens (tertiary/aromatic N) is 2. The van der Waals surface area contributed by atoms with Crippen molar-refractivity contribution in [3.05, 3.63) is 22.9 Å². The average Bonchev–Trinajstić information content (AvgIpc) is 2.60. The fourth-order valence-corrected chi connectivity index (χ4v) is 2.69. The van der Waals surface area contributed by atoms with Crippen molar-refractivity contribution in [2.75, 3.05) is 11.4 Å². The van der Waals surface area contributed by atoms with Gasteiger partial charge in [0.25, 0.3) is 0 Å². The Kier molecular flexibility index (Phi) is 3.17. The molecule has 2 rings (SSSR count). The molecule has 17 heavy (non-hydrogen) atoms. The van der Waals surface area contributed by atoms with E-state index in [1.54, 1.807) is 12.1 Å². The molecule has 92 valence electrons. The molecule has 2 heterocycles. The van der Waals surface area contributed by atoms with Gasteiger partial charge in [0.05, 0.1) is 0 Å². The van der Waals surface area contributed by atoms with Gasteiger partial charge in [-0.25, -0.2) is 4.98 Å². The van der Waals surface area contributed by atoms with Crippen molar-refractivity contribution < 1.29 is 17.1 Å². The van der Waals surface area contributed by atoms with Crippen LogP contribution in [0.5, 0.6) is 0 Å². The smallest absolute Gasteiger partial charge is 0.307 e. The van der Waals surface area contributed by atoms with Crippen LogP contribution >= 0.6 is 15.9 Å². The Morgan fingerprint density at radius 3 is 2.76 bits per heavy atom. The van der Waals surface area contributed by atoms with Gasteiger partial charge in [0.2, 0.25) is 5.91 Å². The van der Waals surface area contributed by atoms with E-state index in [2.05, 4.69) is 20.9 Å². The van der Waals surface area contributed by atoms with Gasteiger partial charge in [0, 0.05) is 24.8 Å². The Morgan fingerprint density at radius 1 is 1.53 bits per heavy atom. The Balaban J connectivity index is 2.28. The number of pyridine rings is 1. The SMILES string of the molecule is O=C1CC(S(=O)(=O)F)CN1c1ccnc(Br)c1. The summed E-state index contributed by atoms with van der Waals surface area (Å²) in [6, 6.07) is 3.14. The summed E-state index contributed by atoms with van der Waals surface area (Å²) >= 11 is 3.14. The van der Waals surface area contributed by atoms with Crippen LogP contribution in [0.3, 0.4) is 0 Å². The van der Waals surface area contributed by atoms with E-state index in [0.717, 1.165) is 0 Å². The molecule has 1 fully saturated rings. The number of amides is 1. The predicted molar refractivity (Wildman–Crippen MR) is 62.7 cm³/mol.